The number of ether oxygens (including phenoxy) is 1. The van der Waals surface area contributed by atoms with Gasteiger partial charge in [0, 0.05) is 6.61 Å². The van der Waals surface area contributed by atoms with Crippen LogP contribution in [0.5, 0.6) is 0 Å². The third-order valence-corrected chi connectivity index (χ3v) is 3.20. The molecule has 1 N–H and O–H groups in total. The van der Waals surface area contributed by atoms with Crippen LogP contribution in [0.25, 0.3) is 11.0 Å². The van der Waals surface area contributed by atoms with Gasteiger partial charge in [-0.15, -0.1) is 0 Å². The van der Waals surface area contributed by atoms with Gasteiger partial charge in [0.25, 0.3) is 0 Å². The van der Waals surface area contributed by atoms with Crippen molar-refractivity contribution in [3.63, 3.8) is 0 Å². The first-order valence-corrected chi connectivity index (χ1v) is 6.04. The van der Waals surface area contributed by atoms with Gasteiger partial charge in [-0.05, 0) is 25.0 Å². The van der Waals surface area contributed by atoms with E-state index in [0.717, 1.165) is 36.3 Å². The molecule has 94 valence electrons. The van der Waals surface area contributed by atoms with Crippen LogP contribution in [0.2, 0.25) is 0 Å². The first-order valence-electron chi connectivity index (χ1n) is 6.04. The summed E-state index contributed by atoms with van der Waals surface area (Å²) in [4.78, 5) is 15.5. The van der Waals surface area contributed by atoms with E-state index in [-0.39, 0.29) is 12.6 Å². The second-order valence-corrected chi connectivity index (χ2v) is 4.44. The van der Waals surface area contributed by atoms with Crippen LogP contribution in [0.15, 0.2) is 24.3 Å². The first-order chi connectivity index (χ1) is 8.75. The quantitative estimate of drug-likeness (QED) is 0.899. The zero-order valence-electron chi connectivity index (χ0n) is 9.87. The minimum absolute atomic E-state index is 0.0725. The third-order valence-electron chi connectivity index (χ3n) is 3.20. The topological polar surface area (TPSA) is 64.3 Å². The number of hydrogen-bond acceptors (Lipinski definition) is 3. The normalized spacial score (nSPS) is 19.4. The number of hydrogen-bond donors (Lipinski definition) is 1. The molecule has 0 spiro atoms. The molecule has 1 saturated heterocycles. The van der Waals surface area contributed by atoms with Crippen LogP contribution >= 0.6 is 0 Å². The van der Waals surface area contributed by atoms with E-state index < -0.39 is 5.97 Å². The van der Waals surface area contributed by atoms with E-state index in [1.807, 2.05) is 24.3 Å². The largest absolute Gasteiger partial charge is 0.480 e. The molecule has 0 bridgehead atoms. The fourth-order valence-corrected chi connectivity index (χ4v) is 2.42. The lowest BCUT2D eigenvalue weighted by molar-refractivity contribution is -0.137. The molecule has 1 aliphatic heterocycles. The molecule has 0 radical (unpaired) electrons. The van der Waals surface area contributed by atoms with Crippen LogP contribution in [-0.2, 0) is 16.1 Å². The zero-order valence-corrected chi connectivity index (χ0v) is 9.87. The van der Waals surface area contributed by atoms with E-state index in [1.165, 1.54) is 0 Å². The number of imidazole rings is 1. The smallest absolute Gasteiger partial charge is 0.323 e. The van der Waals surface area contributed by atoms with Crippen LogP contribution in [0.1, 0.15) is 24.8 Å². The van der Waals surface area contributed by atoms with E-state index in [0.29, 0.717) is 0 Å². The van der Waals surface area contributed by atoms with Crippen molar-refractivity contribution in [1.29, 1.82) is 0 Å². The maximum absolute atomic E-state index is 11.0. The van der Waals surface area contributed by atoms with Crippen molar-refractivity contribution in [2.24, 2.45) is 0 Å². The molecular formula is C13H14N2O3. The van der Waals surface area contributed by atoms with Crippen molar-refractivity contribution in [3.8, 4) is 0 Å². The summed E-state index contributed by atoms with van der Waals surface area (Å²) in [5.74, 6) is -0.131. The van der Waals surface area contributed by atoms with Crippen molar-refractivity contribution < 1.29 is 14.6 Å². The molecule has 0 amide bonds. The number of para-hydroxylation sites is 2. The lowest BCUT2D eigenvalue weighted by Crippen LogP contribution is -2.14. The monoisotopic (exact) mass is 246 g/mol. The lowest BCUT2D eigenvalue weighted by Gasteiger charge is -2.11. The molecule has 1 aliphatic rings. The number of carboxylic acids is 1. The fraction of sp³-hybridized carbons (Fsp3) is 0.385. The molecule has 5 heteroatoms. The van der Waals surface area contributed by atoms with Crippen molar-refractivity contribution in [3.05, 3.63) is 30.1 Å². The molecule has 0 aliphatic carbocycles. The van der Waals surface area contributed by atoms with Crippen LogP contribution in [0.4, 0.5) is 0 Å². The molecule has 1 aromatic carbocycles. The van der Waals surface area contributed by atoms with Gasteiger partial charge in [-0.2, -0.15) is 0 Å². The molecule has 3 rings (SSSR count). The number of aromatic nitrogens is 2. The number of rotatable bonds is 3. The highest BCUT2D eigenvalue weighted by Gasteiger charge is 2.25. The minimum atomic E-state index is -0.864. The van der Waals surface area contributed by atoms with Crippen LogP contribution in [-0.4, -0.2) is 27.2 Å². The number of nitrogens with zero attached hydrogens (tertiary/aromatic N) is 2. The van der Waals surface area contributed by atoms with Crippen LogP contribution < -0.4 is 0 Å². The van der Waals surface area contributed by atoms with Gasteiger partial charge < -0.3 is 14.4 Å². The number of fused-ring (bicyclic) bond motifs is 1. The predicted octanol–water partition coefficient (Wildman–Crippen LogP) is 1.97. The molecule has 0 unspecified atom stereocenters. The number of benzene rings is 1. The molecular weight excluding hydrogens is 232 g/mol. The van der Waals surface area contributed by atoms with Gasteiger partial charge in [-0.3, -0.25) is 4.79 Å². The highest BCUT2D eigenvalue weighted by Crippen LogP contribution is 2.30. The molecule has 2 aromatic rings. The van der Waals surface area contributed by atoms with Gasteiger partial charge in [0.1, 0.15) is 18.5 Å². The minimum Gasteiger partial charge on any atom is -0.480 e. The first kappa shape index (κ1) is 11.2. The highest BCUT2D eigenvalue weighted by atomic mass is 16.5. The van der Waals surface area contributed by atoms with Gasteiger partial charge >= 0.3 is 5.97 Å². The average Bonchev–Trinajstić information content (AvgIpc) is 2.96. The van der Waals surface area contributed by atoms with Gasteiger partial charge in [-0.25, -0.2) is 4.98 Å². The number of carboxylic acid groups (broad SMARTS) is 1. The summed E-state index contributed by atoms with van der Waals surface area (Å²) in [6, 6.07) is 7.58. The standard InChI is InChI=1S/C13H14N2O3/c16-12(17)8-15-10-5-2-1-4-9(10)14-13(15)11-6-3-7-18-11/h1-2,4-5,11H,3,6-8H2,(H,16,17)/t11-/m1/s1. The van der Waals surface area contributed by atoms with E-state index >= 15 is 0 Å². The van der Waals surface area contributed by atoms with E-state index in [9.17, 15) is 4.79 Å². The SMILES string of the molecule is O=C(O)Cn1c([C@H]2CCCO2)nc2ccccc21. The van der Waals surface area contributed by atoms with E-state index in [1.54, 1.807) is 4.57 Å². The zero-order chi connectivity index (χ0) is 12.5. The Balaban J connectivity index is 2.12. The summed E-state index contributed by atoms with van der Waals surface area (Å²) >= 11 is 0. The molecule has 2 heterocycles. The van der Waals surface area contributed by atoms with E-state index in [4.69, 9.17) is 9.84 Å². The Morgan fingerprint density at radius 3 is 3.06 bits per heavy atom. The van der Waals surface area contributed by atoms with E-state index in [2.05, 4.69) is 4.98 Å². The summed E-state index contributed by atoms with van der Waals surface area (Å²) < 4.78 is 7.36. The van der Waals surface area contributed by atoms with Gasteiger partial charge in [-0.1, -0.05) is 12.1 Å². The van der Waals surface area contributed by atoms with Crippen molar-refractivity contribution in [2.45, 2.75) is 25.5 Å². The van der Waals surface area contributed by atoms with Crippen molar-refractivity contribution in [1.82, 2.24) is 9.55 Å². The second-order valence-electron chi connectivity index (χ2n) is 4.44. The Morgan fingerprint density at radius 2 is 2.33 bits per heavy atom. The lowest BCUT2D eigenvalue weighted by atomic mass is 10.2. The molecule has 1 atom stereocenters. The summed E-state index contributed by atoms with van der Waals surface area (Å²) in [5.41, 5.74) is 1.68. The van der Waals surface area contributed by atoms with Gasteiger partial charge in [0.2, 0.25) is 0 Å². The number of carbonyl (C=O) groups is 1. The summed E-state index contributed by atoms with van der Waals surface area (Å²) in [7, 11) is 0. The number of aliphatic carboxylic acids is 1. The van der Waals surface area contributed by atoms with Crippen LogP contribution in [0.3, 0.4) is 0 Å². The summed E-state index contributed by atoms with van der Waals surface area (Å²) in [5, 5.41) is 9.02. The van der Waals surface area contributed by atoms with Crippen LogP contribution in [0, 0.1) is 0 Å². The summed E-state index contributed by atoms with van der Waals surface area (Å²) in [6.45, 7) is 0.649. The highest BCUT2D eigenvalue weighted by molar-refractivity contribution is 5.78. The van der Waals surface area contributed by atoms with Crippen molar-refractivity contribution >= 4 is 17.0 Å². The molecule has 18 heavy (non-hydrogen) atoms. The Labute approximate surface area is 104 Å². The summed E-state index contributed by atoms with van der Waals surface area (Å²) in [6.07, 6.45) is 1.83. The fourth-order valence-electron chi connectivity index (χ4n) is 2.42. The molecule has 1 fully saturated rings. The van der Waals surface area contributed by atoms with Crippen molar-refractivity contribution in [2.75, 3.05) is 6.61 Å². The third kappa shape index (κ3) is 1.86. The molecule has 0 saturated carbocycles. The Kier molecular flexibility index (Phi) is 2.76. The molecule has 1 aromatic heterocycles. The maximum Gasteiger partial charge on any atom is 0.323 e. The van der Waals surface area contributed by atoms with Gasteiger partial charge in [0.05, 0.1) is 11.0 Å². The Morgan fingerprint density at radius 1 is 1.50 bits per heavy atom. The second kappa shape index (κ2) is 4.42. The molecule has 5 nitrogen and oxygen atoms in total. The Bertz CT molecular complexity index is 585. The van der Waals surface area contributed by atoms with Gasteiger partial charge in [0.15, 0.2) is 0 Å². The Hall–Kier alpha value is -1.88. The maximum atomic E-state index is 11.0. The average molecular weight is 246 g/mol. The predicted molar refractivity (Wildman–Crippen MR) is 65.3 cm³/mol.